The molecule has 1 aromatic heterocycles. The van der Waals surface area contributed by atoms with Crippen molar-refractivity contribution in [1.82, 2.24) is 9.78 Å². The minimum Gasteiger partial charge on any atom is -0.329 e. The molecule has 0 saturated heterocycles. The summed E-state index contributed by atoms with van der Waals surface area (Å²) in [5.41, 5.74) is 5.99. The van der Waals surface area contributed by atoms with Gasteiger partial charge in [0.05, 0.1) is 11.1 Å². The molecule has 1 aromatic rings. The fraction of sp³-hybridized carbons (Fsp3) is 0.636. The van der Waals surface area contributed by atoms with Crippen LogP contribution in [0.1, 0.15) is 26.0 Å². The largest absolute Gasteiger partial charge is 0.329 e. The van der Waals surface area contributed by atoms with Gasteiger partial charge in [-0.2, -0.15) is 5.10 Å². The Morgan fingerprint density at radius 2 is 2.31 bits per heavy atom. The van der Waals surface area contributed by atoms with Crippen LogP contribution in [0.2, 0.25) is 0 Å². The molecule has 5 nitrogen and oxygen atoms in total. The Kier molecular flexibility index (Phi) is 3.70. The first kappa shape index (κ1) is 12.7. The summed E-state index contributed by atoms with van der Waals surface area (Å²) in [4.78, 5) is 12.0. The van der Waals surface area contributed by atoms with Crippen LogP contribution < -0.4 is 11.1 Å². The number of hydrogen-bond acceptors (Lipinski definition) is 3. The molecule has 0 saturated carbocycles. The average molecular weight is 224 g/mol. The lowest BCUT2D eigenvalue weighted by Gasteiger charge is -2.24. The van der Waals surface area contributed by atoms with Crippen LogP contribution in [0.3, 0.4) is 0 Å². The molecule has 3 N–H and O–H groups in total. The van der Waals surface area contributed by atoms with E-state index in [9.17, 15) is 4.79 Å². The first-order valence-corrected chi connectivity index (χ1v) is 5.45. The van der Waals surface area contributed by atoms with Crippen molar-refractivity contribution >= 4 is 11.7 Å². The van der Waals surface area contributed by atoms with Crippen molar-refractivity contribution in [1.29, 1.82) is 0 Å². The smallest absolute Gasteiger partial charge is 0.232 e. The molecule has 0 aliphatic heterocycles. The number of anilines is 1. The van der Waals surface area contributed by atoms with E-state index < -0.39 is 5.41 Å². The topological polar surface area (TPSA) is 72.9 Å². The van der Waals surface area contributed by atoms with E-state index in [0.717, 1.165) is 5.69 Å². The number of nitrogens with one attached hydrogen (secondary N) is 1. The van der Waals surface area contributed by atoms with Crippen molar-refractivity contribution in [3.05, 3.63) is 11.8 Å². The number of amides is 1. The van der Waals surface area contributed by atoms with Gasteiger partial charge >= 0.3 is 0 Å². The van der Waals surface area contributed by atoms with Crippen molar-refractivity contribution < 1.29 is 4.79 Å². The number of carbonyl (C=O) groups is 1. The van der Waals surface area contributed by atoms with Gasteiger partial charge in [-0.15, -0.1) is 0 Å². The summed E-state index contributed by atoms with van der Waals surface area (Å²) in [5, 5.41) is 7.02. The Balaban J connectivity index is 2.82. The number of nitrogens with zero attached hydrogens (tertiary/aromatic N) is 2. The van der Waals surface area contributed by atoms with Crippen LogP contribution in [0, 0.1) is 12.3 Å². The van der Waals surface area contributed by atoms with E-state index in [4.69, 9.17) is 5.73 Å². The van der Waals surface area contributed by atoms with Gasteiger partial charge in [0.1, 0.15) is 5.82 Å². The highest BCUT2D eigenvalue weighted by Gasteiger charge is 2.30. The molecule has 0 radical (unpaired) electrons. The first-order chi connectivity index (χ1) is 7.42. The van der Waals surface area contributed by atoms with Gasteiger partial charge in [0.25, 0.3) is 0 Å². The van der Waals surface area contributed by atoms with Crippen LogP contribution in [0.15, 0.2) is 6.07 Å². The van der Waals surface area contributed by atoms with Crippen molar-refractivity contribution in [3.63, 3.8) is 0 Å². The normalized spacial score (nSPS) is 14.6. The maximum Gasteiger partial charge on any atom is 0.232 e. The molecule has 0 aliphatic carbocycles. The highest BCUT2D eigenvalue weighted by Crippen LogP contribution is 2.22. The maximum absolute atomic E-state index is 12.0. The van der Waals surface area contributed by atoms with Crippen LogP contribution in [0.5, 0.6) is 0 Å². The molecule has 0 aromatic carbocycles. The lowest BCUT2D eigenvalue weighted by Crippen LogP contribution is -2.39. The molecule has 1 unspecified atom stereocenters. The van der Waals surface area contributed by atoms with E-state index >= 15 is 0 Å². The Hall–Kier alpha value is -1.36. The SMILES string of the molecule is CCC(C)(CN)C(=O)Nc1cc(C)nn1C. The van der Waals surface area contributed by atoms with E-state index in [1.807, 2.05) is 26.8 Å². The van der Waals surface area contributed by atoms with Crippen LogP contribution in [0.4, 0.5) is 5.82 Å². The van der Waals surface area contributed by atoms with E-state index in [0.29, 0.717) is 18.8 Å². The quantitative estimate of drug-likeness (QED) is 0.802. The molecule has 0 bridgehead atoms. The minimum absolute atomic E-state index is 0.0551. The van der Waals surface area contributed by atoms with E-state index in [1.54, 1.807) is 11.7 Å². The zero-order chi connectivity index (χ0) is 12.3. The standard InChI is InChI=1S/C11H20N4O/c1-5-11(3,7-12)10(16)13-9-6-8(2)14-15(9)4/h6H,5,7,12H2,1-4H3,(H,13,16). The molecule has 5 heteroatoms. The monoisotopic (exact) mass is 224 g/mol. The molecule has 90 valence electrons. The van der Waals surface area contributed by atoms with E-state index in [2.05, 4.69) is 10.4 Å². The van der Waals surface area contributed by atoms with Crippen molar-refractivity contribution in [2.45, 2.75) is 27.2 Å². The first-order valence-electron chi connectivity index (χ1n) is 5.45. The summed E-state index contributed by atoms with van der Waals surface area (Å²) >= 11 is 0. The van der Waals surface area contributed by atoms with Gasteiger partial charge in [-0.3, -0.25) is 9.48 Å². The van der Waals surface area contributed by atoms with E-state index in [-0.39, 0.29) is 5.91 Å². The number of rotatable bonds is 4. The molecule has 0 fully saturated rings. The highest BCUT2D eigenvalue weighted by atomic mass is 16.2. The number of hydrogen-bond donors (Lipinski definition) is 2. The predicted molar refractivity (Wildman–Crippen MR) is 64.0 cm³/mol. The summed E-state index contributed by atoms with van der Waals surface area (Å²) < 4.78 is 1.65. The van der Waals surface area contributed by atoms with Gasteiger partial charge < -0.3 is 11.1 Å². The minimum atomic E-state index is -0.516. The summed E-state index contributed by atoms with van der Waals surface area (Å²) in [5.74, 6) is 0.649. The lowest BCUT2D eigenvalue weighted by atomic mass is 9.87. The summed E-state index contributed by atoms with van der Waals surface area (Å²) in [7, 11) is 1.80. The Labute approximate surface area is 96.0 Å². The van der Waals surface area contributed by atoms with Crippen LogP contribution in [-0.4, -0.2) is 22.2 Å². The molecular weight excluding hydrogens is 204 g/mol. The molecule has 1 rings (SSSR count). The number of aryl methyl sites for hydroxylation is 2. The van der Waals surface area contributed by atoms with E-state index in [1.165, 1.54) is 0 Å². The molecule has 1 heterocycles. The van der Waals surface area contributed by atoms with Crippen molar-refractivity contribution in [2.24, 2.45) is 18.2 Å². The third-order valence-corrected chi connectivity index (χ3v) is 3.02. The summed E-state index contributed by atoms with van der Waals surface area (Å²) in [6, 6.07) is 1.84. The summed E-state index contributed by atoms with van der Waals surface area (Å²) in [6.07, 6.45) is 0.714. The third-order valence-electron chi connectivity index (χ3n) is 3.02. The number of aromatic nitrogens is 2. The molecular formula is C11H20N4O. The van der Waals surface area contributed by atoms with Gasteiger partial charge in [-0.05, 0) is 20.3 Å². The van der Waals surface area contributed by atoms with Gasteiger partial charge in [0.15, 0.2) is 0 Å². The Morgan fingerprint density at radius 3 is 2.69 bits per heavy atom. The fourth-order valence-electron chi connectivity index (χ4n) is 1.39. The molecule has 0 aliphatic rings. The van der Waals surface area contributed by atoms with Gasteiger partial charge in [-0.1, -0.05) is 6.92 Å². The second kappa shape index (κ2) is 4.65. The Morgan fingerprint density at radius 1 is 1.69 bits per heavy atom. The second-order valence-electron chi connectivity index (χ2n) is 4.37. The number of nitrogens with two attached hydrogens (primary N) is 1. The highest BCUT2D eigenvalue weighted by molar-refractivity contribution is 5.94. The zero-order valence-electron chi connectivity index (χ0n) is 10.4. The maximum atomic E-state index is 12.0. The van der Waals surface area contributed by atoms with Crippen molar-refractivity contribution in [3.8, 4) is 0 Å². The van der Waals surface area contributed by atoms with Gasteiger partial charge in [0.2, 0.25) is 5.91 Å². The Bertz CT molecular complexity index is 379. The van der Waals surface area contributed by atoms with Crippen LogP contribution >= 0.6 is 0 Å². The zero-order valence-corrected chi connectivity index (χ0v) is 10.4. The van der Waals surface area contributed by atoms with Crippen molar-refractivity contribution in [2.75, 3.05) is 11.9 Å². The average Bonchev–Trinajstić information content (AvgIpc) is 2.56. The predicted octanol–water partition coefficient (Wildman–Crippen LogP) is 1.04. The van der Waals surface area contributed by atoms with Gasteiger partial charge in [-0.25, -0.2) is 0 Å². The summed E-state index contributed by atoms with van der Waals surface area (Å²) in [6.45, 7) is 6.05. The molecule has 16 heavy (non-hydrogen) atoms. The lowest BCUT2D eigenvalue weighted by molar-refractivity contribution is -0.124. The van der Waals surface area contributed by atoms with Crippen LogP contribution in [0.25, 0.3) is 0 Å². The number of carbonyl (C=O) groups excluding carboxylic acids is 1. The second-order valence-corrected chi connectivity index (χ2v) is 4.37. The van der Waals surface area contributed by atoms with Crippen LogP contribution in [-0.2, 0) is 11.8 Å². The van der Waals surface area contributed by atoms with Gasteiger partial charge in [0, 0.05) is 19.7 Å². The third kappa shape index (κ3) is 2.41. The fourth-order valence-corrected chi connectivity index (χ4v) is 1.39. The molecule has 1 amide bonds. The molecule has 1 atom stereocenters. The molecule has 0 spiro atoms.